The number of ether oxygens (including phenoxy) is 2. The molecule has 2 heterocycles. The number of piperidine rings is 1. The predicted octanol–water partition coefficient (Wildman–Crippen LogP) is 4.80. The number of hydrogen-bond donors (Lipinski definition) is 1. The van der Waals surface area contributed by atoms with E-state index < -0.39 is 11.6 Å². The molecule has 2 fully saturated rings. The Hall–Kier alpha value is -3.20. The zero-order chi connectivity index (χ0) is 26.6. The Morgan fingerprint density at radius 3 is 2.43 bits per heavy atom. The third kappa shape index (κ3) is 7.64. The molecule has 2 atom stereocenters. The second kappa shape index (κ2) is 11.5. The SMILES string of the molecule is CC(C)(C)OC(=O)N(CC1CCN(CCOc2ccc(C(=O)O)cn2)CC1)C1CC1c1ccc(F)cc1. The van der Waals surface area contributed by atoms with Crippen LogP contribution in [0, 0.1) is 11.7 Å². The molecule has 1 saturated carbocycles. The molecule has 2 unspecified atom stereocenters. The number of rotatable bonds is 9. The lowest BCUT2D eigenvalue weighted by atomic mass is 9.96. The van der Waals surface area contributed by atoms with Gasteiger partial charge < -0.3 is 19.5 Å². The van der Waals surface area contributed by atoms with Crippen molar-refractivity contribution in [2.45, 2.75) is 57.6 Å². The van der Waals surface area contributed by atoms with Crippen LogP contribution in [0.5, 0.6) is 5.88 Å². The number of pyridine rings is 1. The maximum Gasteiger partial charge on any atom is 0.410 e. The van der Waals surface area contributed by atoms with Crippen LogP contribution >= 0.6 is 0 Å². The Labute approximate surface area is 217 Å². The number of carboxylic acid groups (broad SMARTS) is 1. The monoisotopic (exact) mass is 513 g/mol. The summed E-state index contributed by atoms with van der Waals surface area (Å²) >= 11 is 0. The van der Waals surface area contributed by atoms with Gasteiger partial charge in [0.05, 0.1) is 5.56 Å². The van der Waals surface area contributed by atoms with Crippen molar-refractivity contribution < 1.29 is 28.6 Å². The molecule has 8 nitrogen and oxygen atoms in total. The quantitative estimate of drug-likeness (QED) is 0.515. The minimum absolute atomic E-state index is 0.0757. The fourth-order valence-corrected chi connectivity index (χ4v) is 4.80. The molecular weight excluding hydrogens is 477 g/mol. The van der Waals surface area contributed by atoms with Gasteiger partial charge in [0.15, 0.2) is 0 Å². The van der Waals surface area contributed by atoms with E-state index in [0.717, 1.165) is 44.5 Å². The van der Waals surface area contributed by atoms with Crippen LogP contribution in [0.1, 0.15) is 61.9 Å². The Morgan fingerprint density at radius 2 is 1.84 bits per heavy atom. The summed E-state index contributed by atoms with van der Waals surface area (Å²) < 4.78 is 24.8. The standard InChI is InChI=1S/C28H36FN3O5/c1-28(2,3)37-27(35)32(24-16-23(24)20-4-7-22(29)8-5-20)18-19-10-12-31(13-11-19)14-15-36-25-9-6-21(17-30-25)26(33)34/h4-9,17,19,23-24H,10-16,18H2,1-3H3,(H,33,34). The van der Waals surface area contributed by atoms with Gasteiger partial charge in [-0.25, -0.2) is 19.0 Å². The number of aromatic carboxylic acids is 1. The van der Waals surface area contributed by atoms with Crippen molar-refractivity contribution in [1.29, 1.82) is 0 Å². The van der Waals surface area contributed by atoms with Crippen molar-refractivity contribution in [2.75, 3.05) is 32.8 Å². The summed E-state index contributed by atoms with van der Waals surface area (Å²) in [6.45, 7) is 9.33. The number of carbonyl (C=O) groups excluding carboxylic acids is 1. The normalized spacial score (nSPS) is 20.3. The highest BCUT2D eigenvalue weighted by atomic mass is 19.1. The molecule has 0 radical (unpaired) electrons. The Kier molecular flexibility index (Phi) is 8.32. The van der Waals surface area contributed by atoms with E-state index >= 15 is 0 Å². The van der Waals surface area contributed by atoms with E-state index in [-0.39, 0.29) is 29.4 Å². The van der Waals surface area contributed by atoms with Crippen molar-refractivity contribution in [3.05, 3.63) is 59.5 Å². The molecule has 1 aromatic heterocycles. The highest BCUT2D eigenvalue weighted by Crippen LogP contribution is 2.45. The van der Waals surface area contributed by atoms with Gasteiger partial charge in [0.2, 0.25) is 5.88 Å². The van der Waals surface area contributed by atoms with Crippen molar-refractivity contribution in [3.8, 4) is 5.88 Å². The van der Waals surface area contributed by atoms with E-state index in [1.165, 1.54) is 24.4 Å². The summed E-state index contributed by atoms with van der Waals surface area (Å²) in [6.07, 6.45) is 3.82. The maximum absolute atomic E-state index is 13.4. The van der Waals surface area contributed by atoms with Crippen molar-refractivity contribution >= 4 is 12.1 Å². The van der Waals surface area contributed by atoms with E-state index in [1.807, 2.05) is 37.8 Å². The molecule has 2 aromatic rings. The number of nitrogens with zero attached hydrogens (tertiary/aromatic N) is 3. The minimum Gasteiger partial charge on any atom is -0.478 e. The average molecular weight is 514 g/mol. The van der Waals surface area contributed by atoms with Gasteiger partial charge in [0.25, 0.3) is 0 Å². The molecule has 1 N–H and O–H groups in total. The number of benzene rings is 1. The van der Waals surface area contributed by atoms with Crippen LogP contribution in [-0.4, -0.2) is 76.4 Å². The Morgan fingerprint density at radius 1 is 1.14 bits per heavy atom. The first-order chi connectivity index (χ1) is 17.6. The summed E-state index contributed by atoms with van der Waals surface area (Å²) in [4.78, 5) is 32.3. The van der Waals surface area contributed by atoms with Crippen molar-refractivity contribution in [3.63, 3.8) is 0 Å². The molecule has 0 spiro atoms. The lowest BCUT2D eigenvalue weighted by Crippen LogP contribution is -2.44. The summed E-state index contributed by atoms with van der Waals surface area (Å²) in [6, 6.07) is 9.69. The van der Waals surface area contributed by atoms with E-state index in [1.54, 1.807) is 6.07 Å². The molecular formula is C28H36FN3O5. The van der Waals surface area contributed by atoms with Gasteiger partial charge in [-0.05, 0) is 82.8 Å². The number of carboxylic acids is 1. The van der Waals surface area contributed by atoms with Crippen LogP contribution in [0.3, 0.4) is 0 Å². The molecule has 1 aromatic carbocycles. The molecule has 1 aliphatic heterocycles. The molecule has 1 saturated heterocycles. The summed E-state index contributed by atoms with van der Waals surface area (Å²) in [7, 11) is 0. The van der Waals surface area contributed by atoms with E-state index in [2.05, 4.69) is 9.88 Å². The highest BCUT2D eigenvalue weighted by molar-refractivity contribution is 5.87. The van der Waals surface area contributed by atoms with Gasteiger partial charge in [0.1, 0.15) is 18.0 Å². The van der Waals surface area contributed by atoms with Crippen LogP contribution in [0.2, 0.25) is 0 Å². The van der Waals surface area contributed by atoms with Crippen LogP contribution in [0.25, 0.3) is 0 Å². The lowest BCUT2D eigenvalue weighted by Gasteiger charge is -2.35. The van der Waals surface area contributed by atoms with Gasteiger partial charge in [-0.3, -0.25) is 4.90 Å². The van der Waals surface area contributed by atoms with Crippen LogP contribution in [0.15, 0.2) is 42.6 Å². The number of halogens is 1. The van der Waals surface area contributed by atoms with Gasteiger partial charge in [-0.15, -0.1) is 0 Å². The molecule has 1 amide bonds. The van der Waals surface area contributed by atoms with E-state index in [9.17, 15) is 14.0 Å². The molecule has 200 valence electrons. The molecule has 0 bridgehead atoms. The number of hydrogen-bond acceptors (Lipinski definition) is 6. The second-order valence-corrected chi connectivity index (χ2v) is 10.9. The lowest BCUT2D eigenvalue weighted by molar-refractivity contribution is 0.0169. The number of amides is 1. The first-order valence-corrected chi connectivity index (χ1v) is 12.9. The van der Waals surface area contributed by atoms with Gasteiger partial charge in [0, 0.05) is 37.3 Å². The molecule has 9 heteroatoms. The van der Waals surface area contributed by atoms with Gasteiger partial charge in [-0.2, -0.15) is 0 Å². The topological polar surface area (TPSA) is 92.2 Å². The predicted molar refractivity (Wildman–Crippen MR) is 136 cm³/mol. The zero-order valence-electron chi connectivity index (χ0n) is 21.7. The fraction of sp³-hybridized carbons (Fsp3) is 0.536. The maximum atomic E-state index is 13.4. The fourth-order valence-electron chi connectivity index (χ4n) is 4.80. The summed E-state index contributed by atoms with van der Waals surface area (Å²) in [5.41, 5.74) is 0.619. The average Bonchev–Trinajstić information content (AvgIpc) is 3.63. The van der Waals surface area contributed by atoms with Crippen molar-refractivity contribution in [1.82, 2.24) is 14.8 Å². The first kappa shape index (κ1) is 26.9. The molecule has 2 aliphatic rings. The number of likely N-dealkylation sites (tertiary alicyclic amines) is 1. The van der Waals surface area contributed by atoms with Crippen molar-refractivity contribution in [2.24, 2.45) is 5.92 Å². The Balaban J connectivity index is 1.26. The highest BCUT2D eigenvalue weighted by Gasteiger charge is 2.46. The van der Waals surface area contributed by atoms with Crippen LogP contribution in [-0.2, 0) is 4.74 Å². The summed E-state index contributed by atoms with van der Waals surface area (Å²) in [5.74, 6) is -0.268. The molecule has 4 rings (SSSR count). The number of aromatic nitrogens is 1. The van der Waals surface area contributed by atoms with Crippen LogP contribution in [0.4, 0.5) is 9.18 Å². The van der Waals surface area contributed by atoms with Gasteiger partial charge >= 0.3 is 12.1 Å². The Bertz CT molecular complexity index is 1060. The molecule has 1 aliphatic carbocycles. The van der Waals surface area contributed by atoms with E-state index in [4.69, 9.17) is 14.6 Å². The van der Waals surface area contributed by atoms with Crippen LogP contribution < -0.4 is 4.74 Å². The zero-order valence-corrected chi connectivity index (χ0v) is 21.7. The molecule has 37 heavy (non-hydrogen) atoms. The third-order valence-electron chi connectivity index (χ3n) is 6.89. The number of carbonyl (C=O) groups is 2. The van der Waals surface area contributed by atoms with Gasteiger partial charge in [-0.1, -0.05) is 12.1 Å². The third-order valence-corrected chi connectivity index (χ3v) is 6.89. The first-order valence-electron chi connectivity index (χ1n) is 12.9. The van der Waals surface area contributed by atoms with E-state index in [0.29, 0.717) is 24.9 Å². The second-order valence-electron chi connectivity index (χ2n) is 10.9. The summed E-state index contributed by atoms with van der Waals surface area (Å²) in [5, 5.41) is 8.96. The minimum atomic E-state index is -1.01. The smallest absolute Gasteiger partial charge is 0.410 e. The largest absolute Gasteiger partial charge is 0.478 e.